The minimum absolute atomic E-state index is 0.0219. The third-order valence-electron chi connectivity index (χ3n) is 2.05. The van der Waals surface area contributed by atoms with Crippen LogP contribution < -0.4 is 0 Å². The Bertz CT molecular complexity index is 253. The molecule has 1 atom stereocenters. The number of esters is 1. The van der Waals surface area contributed by atoms with Crippen molar-refractivity contribution in [2.45, 2.75) is 32.5 Å². The molecule has 1 rings (SSSR count). The average molecular weight is 214 g/mol. The highest BCUT2D eigenvalue weighted by Gasteiger charge is 2.28. The molecule has 1 unspecified atom stereocenters. The summed E-state index contributed by atoms with van der Waals surface area (Å²) in [4.78, 5) is 11.2. The van der Waals surface area contributed by atoms with E-state index in [1.165, 1.54) is 7.11 Å². The minimum atomic E-state index is -1.52. The van der Waals surface area contributed by atoms with E-state index in [1.807, 2.05) is 6.08 Å². The second-order valence-corrected chi connectivity index (χ2v) is 8.97. The predicted molar refractivity (Wildman–Crippen MR) is 57.3 cm³/mol. The van der Waals surface area contributed by atoms with Gasteiger partial charge in [-0.05, 0) is 32.1 Å². The van der Waals surface area contributed by atoms with Gasteiger partial charge in [0, 0.05) is 6.42 Å². The first-order valence-electron chi connectivity index (χ1n) is 4.88. The molecule has 80 valence electrons. The summed E-state index contributed by atoms with van der Waals surface area (Å²) in [6.45, 7) is 6.41. The van der Waals surface area contributed by atoms with Crippen molar-refractivity contribution in [3.63, 3.8) is 0 Å². The molecule has 0 spiro atoms. The Morgan fingerprint density at radius 1 is 1.50 bits per heavy atom. The monoisotopic (exact) mass is 214 g/mol. The van der Waals surface area contributed by atoms with Crippen molar-refractivity contribution in [3.05, 3.63) is 11.8 Å². The van der Waals surface area contributed by atoms with Crippen LogP contribution in [0.2, 0.25) is 19.6 Å². The number of ether oxygens (including phenoxy) is 1. The van der Waals surface area contributed by atoms with Crippen LogP contribution in [0.15, 0.2) is 11.8 Å². The number of hydrogen-bond acceptors (Lipinski definition) is 3. The summed E-state index contributed by atoms with van der Waals surface area (Å²) in [5.41, 5.74) is 0. The quantitative estimate of drug-likeness (QED) is 0.534. The maximum Gasteiger partial charge on any atom is 0.309 e. The Balaban J connectivity index is 2.44. The number of carbonyl (C=O) groups excluding carboxylic acids is 1. The van der Waals surface area contributed by atoms with E-state index in [2.05, 4.69) is 19.6 Å². The van der Waals surface area contributed by atoms with Gasteiger partial charge in [-0.25, -0.2) is 0 Å². The van der Waals surface area contributed by atoms with E-state index in [9.17, 15) is 4.79 Å². The summed E-state index contributed by atoms with van der Waals surface area (Å²) in [6, 6.07) is 0. The lowest BCUT2D eigenvalue weighted by Crippen LogP contribution is -2.25. The fraction of sp³-hybridized carbons (Fsp3) is 0.700. The summed E-state index contributed by atoms with van der Waals surface area (Å²) in [7, 11) is -0.0870. The molecule has 3 nitrogen and oxygen atoms in total. The summed E-state index contributed by atoms with van der Waals surface area (Å²) in [6.07, 6.45) is 3.48. The van der Waals surface area contributed by atoms with Crippen LogP contribution in [0.3, 0.4) is 0 Å². The molecule has 4 heteroatoms. The van der Waals surface area contributed by atoms with Gasteiger partial charge in [0.2, 0.25) is 8.32 Å². The molecule has 0 saturated carbocycles. The first-order valence-corrected chi connectivity index (χ1v) is 8.29. The Labute approximate surface area is 86.2 Å². The van der Waals surface area contributed by atoms with E-state index in [0.29, 0.717) is 6.42 Å². The van der Waals surface area contributed by atoms with Crippen LogP contribution >= 0.6 is 0 Å². The highest BCUT2D eigenvalue weighted by atomic mass is 28.4. The van der Waals surface area contributed by atoms with Crippen molar-refractivity contribution in [2.24, 2.45) is 5.92 Å². The van der Waals surface area contributed by atoms with Crippen molar-refractivity contribution in [1.82, 2.24) is 0 Å². The standard InChI is InChI=1S/C10H18O3Si/c1-12-10(11)8-5-6-9(7-8)13-14(2,3)4/h6,8H,5,7H2,1-4H3. The van der Waals surface area contributed by atoms with Crippen LogP contribution in [0.5, 0.6) is 0 Å². The lowest BCUT2D eigenvalue weighted by molar-refractivity contribution is -0.145. The first kappa shape index (κ1) is 11.3. The maximum atomic E-state index is 11.2. The van der Waals surface area contributed by atoms with Crippen LogP contribution in [0.4, 0.5) is 0 Å². The van der Waals surface area contributed by atoms with Gasteiger partial charge >= 0.3 is 5.97 Å². The number of rotatable bonds is 3. The third-order valence-corrected chi connectivity index (χ3v) is 2.92. The fourth-order valence-electron chi connectivity index (χ4n) is 1.51. The SMILES string of the molecule is COC(=O)C1CC=C(O[Si](C)(C)C)C1. The predicted octanol–water partition coefficient (Wildman–Crippen LogP) is 2.30. The lowest BCUT2D eigenvalue weighted by atomic mass is 10.1. The molecule has 0 aliphatic heterocycles. The molecule has 0 heterocycles. The summed E-state index contributed by atoms with van der Waals surface area (Å²) in [5, 5.41) is 0. The van der Waals surface area contributed by atoms with Gasteiger partial charge in [-0.1, -0.05) is 0 Å². The van der Waals surface area contributed by atoms with E-state index in [4.69, 9.17) is 9.16 Å². The molecule has 0 N–H and O–H groups in total. The second-order valence-electron chi connectivity index (χ2n) is 4.54. The van der Waals surface area contributed by atoms with E-state index in [0.717, 1.165) is 12.2 Å². The molecule has 0 fully saturated rings. The van der Waals surface area contributed by atoms with Gasteiger partial charge in [0.15, 0.2) is 0 Å². The lowest BCUT2D eigenvalue weighted by Gasteiger charge is -2.20. The second kappa shape index (κ2) is 4.17. The Morgan fingerprint density at radius 3 is 2.64 bits per heavy atom. The summed E-state index contributed by atoms with van der Waals surface area (Å²) < 4.78 is 10.5. The van der Waals surface area contributed by atoms with Crippen molar-refractivity contribution in [2.75, 3.05) is 7.11 Å². The van der Waals surface area contributed by atoms with E-state index in [1.54, 1.807) is 0 Å². The van der Waals surface area contributed by atoms with Gasteiger partial charge in [0.25, 0.3) is 0 Å². The molecular weight excluding hydrogens is 196 g/mol. The normalized spacial score (nSPS) is 21.7. The number of allylic oxidation sites excluding steroid dienone is 2. The van der Waals surface area contributed by atoms with Gasteiger partial charge in [-0.15, -0.1) is 0 Å². The molecule has 0 aromatic rings. The van der Waals surface area contributed by atoms with E-state index >= 15 is 0 Å². The fourth-order valence-corrected chi connectivity index (χ4v) is 2.46. The average Bonchev–Trinajstić information content (AvgIpc) is 2.48. The van der Waals surface area contributed by atoms with Gasteiger partial charge in [0.1, 0.15) is 0 Å². The molecular formula is C10H18O3Si. The smallest absolute Gasteiger partial charge is 0.309 e. The highest BCUT2D eigenvalue weighted by Crippen LogP contribution is 2.28. The van der Waals surface area contributed by atoms with Gasteiger partial charge in [-0.2, -0.15) is 0 Å². The van der Waals surface area contributed by atoms with Crippen LogP contribution in [-0.4, -0.2) is 21.4 Å². The molecule has 1 aliphatic carbocycles. The molecule has 0 amide bonds. The number of carbonyl (C=O) groups is 1. The summed E-state index contributed by atoms with van der Waals surface area (Å²) in [5.74, 6) is 0.821. The molecule has 0 saturated heterocycles. The molecule has 14 heavy (non-hydrogen) atoms. The van der Waals surface area contributed by atoms with E-state index in [-0.39, 0.29) is 11.9 Å². The summed E-state index contributed by atoms with van der Waals surface area (Å²) >= 11 is 0. The molecule has 0 bridgehead atoms. The molecule has 1 aliphatic rings. The topological polar surface area (TPSA) is 35.5 Å². The highest BCUT2D eigenvalue weighted by molar-refractivity contribution is 6.70. The Morgan fingerprint density at radius 2 is 2.14 bits per heavy atom. The zero-order valence-corrected chi connectivity index (χ0v) is 10.3. The maximum absolute atomic E-state index is 11.2. The van der Waals surface area contributed by atoms with Crippen LogP contribution in [0.25, 0.3) is 0 Å². The van der Waals surface area contributed by atoms with Crippen molar-refractivity contribution >= 4 is 14.3 Å². The van der Waals surface area contributed by atoms with E-state index < -0.39 is 8.32 Å². The largest absolute Gasteiger partial charge is 0.548 e. The van der Waals surface area contributed by atoms with Crippen molar-refractivity contribution in [3.8, 4) is 0 Å². The minimum Gasteiger partial charge on any atom is -0.548 e. The third kappa shape index (κ3) is 3.18. The molecule has 0 aromatic carbocycles. The zero-order chi connectivity index (χ0) is 10.8. The Hall–Kier alpha value is -0.773. The number of methoxy groups -OCH3 is 1. The van der Waals surface area contributed by atoms with Gasteiger partial charge in [-0.3, -0.25) is 4.79 Å². The van der Waals surface area contributed by atoms with Gasteiger partial charge < -0.3 is 9.16 Å². The van der Waals surface area contributed by atoms with Crippen LogP contribution in [0.1, 0.15) is 12.8 Å². The molecule has 0 radical (unpaired) electrons. The van der Waals surface area contributed by atoms with Crippen molar-refractivity contribution < 1.29 is 14.0 Å². The van der Waals surface area contributed by atoms with Crippen LogP contribution in [-0.2, 0) is 14.0 Å². The van der Waals surface area contributed by atoms with Gasteiger partial charge in [0.05, 0.1) is 18.8 Å². The van der Waals surface area contributed by atoms with Crippen molar-refractivity contribution in [1.29, 1.82) is 0 Å². The first-order chi connectivity index (χ1) is 6.42. The molecule has 0 aromatic heterocycles. The zero-order valence-electron chi connectivity index (χ0n) is 9.29. The van der Waals surface area contributed by atoms with Crippen LogP contribution in [0, 0.1) is 5.92 Å². The number of hydrogen-bond donors (Lipinski definition) is 0. The Kier molecular flexibility index (Phi) is 3.37.